The van der Waals surface area contributed by atoms with Crippen molar-refractivity contribution in [1.82, 2.24) is 14.9 Å². The number of methoxy groups -OCH3 is 1. The van der Waals surface area contributed by atoms with Gasteiger partial charge in [0.2, 0.25) is 0 Å². The van der Waals surface area contributed by atoms with Crippen LogP contribution in [-0.2, 0) is 18.3 Å². The number of aromatic nitrogens is 2. The van der Waals surface area contributed by atoms with Crippen LogP contribution in [0.4, 0.5) is 0 Å². The molecule has 80 valence electrons. The molecule has 0 atom stereocenters. The van der Waals surface area contributed by atoms with Gasteiger partial charge < -0.3 is 14.6 Å². The van der Waals surface area contributed by atoms with Gasteiger partial charge in [-0.1, -0.05) is 0 Å². The van der Waals surface area contributed by atoms with Crippen LogP contribution >= 0.6 is 0 Å². The summed E-state index contributed by atoms with van der Waals surface area (Å²) in [4.78, 5) is 4.06. The van der Waals surface area contributed by atoms with E-state index >= 15 is 0 Å². The molecule has 0 saturated carbocycles. The SMILES string of the molecule is COCC(C)(C)NCc1cncn1C. The topological polar surface area (TPSA) is 39.1 Å². The van der Waals surface area contributed by atoms with E-state index in [-0.39, 0.29) is 5.54 Å². The Morgan fingerprint density at radius 1 is 1.57 bits per heavy atom. The summed E-state index contributed by atoms with van der Waals surface area (Å²) in [7, 11) is 3.71. The Kier molecular flexibility index (Phi) is 3.66. The monoisotopic (exact) mass is 197 g/mol. The highest BCUT2D eigenvalue weighted by Crippen LogP contribution is 2.04. The minimum absolute atomic E-state index is 0.000972. The van der Waals surface area contributed by atoms with Crippen molar-refractivity contribution in [3.05, 3.63) is 18.2 Å². The Bertz CT molecular complexity index is 281. The van der Waals surface area contributed by atoms with Gasteiger partial charge in [0.25, 0.3) is 0 Å². The maximum atomic E-state index is 5.12. The molecule has 14 heavy (non-hydrogen) atoms. The van der Waals surface area contributed by atoms with Gasteiger partial charge in [-0.2, -0.15) is 0 Å². The second-order valence-corrected chi connectivity index (χ2v) is 4.17. The standard InChI is InChI=1S/C10H19N3O/c1-10(2,7-14-4)12-6-9-5-11-8-13(9)3/h5,8,12H,6-7H2,1-4H3. The van der Waals surface area contributed by atoms with Gasteiger partial charge in [-0.25, -0.2) is 4.98 Å². The molecule has 1 rings (SSSR count). The lowest BCUT2D eigenvalue weighted by Crippen LogP contribution is -2.43. The molecular formula is C10H19N3O. The number of aryl methyl sites for hydroxylation is 1. The first-order valence-corrected chi connectivity index (χ1v) is 4.74. The number of hydrogen-bond acceptors (Lipinski definition) is 3. The number of nitrogens with one attached hydrogen (secondary N) is 1. The van der Waals surface area contributed by atoms with E-state index in [1.54, 1.807) is 13.4 Å². The van der Waals surface area contributed by atoms with Crippen LogP contribution in [0.3, 0.4) is 0 Å². The first kappa shape index (κ1) is 11.2. The minimum atomic E-state index is -0.000972. The average Bonchev–Trinajstić information content (AvgIpc) is 2.48. The first-order valence-electron chi connectivity index (χ1n) is 4.74. The fourth-order valence-corrected chi connectivity index (χ4v) is 1.30. The molecule has 1 aromatic rings. The molecule has 4 heteroatoms. The lowest BCUT2D eigenvalue weighted by atomic mass is 10.1. The van der Waals surface area contributed by atoms with Gasteiger partial charge in [-0.05, 0) is 13.8 Å². The molecular weight excluding hydrogens is 178 g/mol. The van der Waals surface area contributed by atoms with E-state index in [9.17, 15) is 0 Å². The summed E-state index contributed by atoms with van der Waals surface area (Å²) in [5.41, 5.74) is 1.17. The highest BCUT2D eigenvalue weighted by atomic mass is 16.5. The Balaban J connectivity index is 2.44. The second-order valence-electron chi connectivity index (χ2n) is 4.17. The van der Waals surface area contributed by atoms with E-state index in [4.69, 9.17) is 4.74 Å². The van der Waals surface area contributed by atoms with E-state index in [0.717, 1.165) is 6.54 Å². The fourth-order valence-electron chi connectivity index (χ4n) is 1.30. The highest BCUT2D eigenvalue weighted by Gasteiger charge is 2.16. The molecule has 0 aromatic carbocycles. The lowest BCUT2D eigenvalue weighted by Gasteiger charge is -2.25. The molecule has 0 bridgehead atoms. The Hall–Kier alpha value is -0.870. The number of ether oxygens (including phenoxy) is 1. The quantitative estimate of drug-likeness (QED) is 0.763. The molecule has 4 nitrogen and oxygen atoms in total. The van der Waals surface area contributed by atoms with Crippen molar-refractivity contribution in [2.45, 2.75) is 25.9 Å². The van der Waals surface area contributed by atoms with Crippen molar-refractivity contribution in [2.24, 2.45) is 7.05 Å². The molecule has 0 saturated heterocycles. The first-order chi connectivity index (χ1) is 6.55. The summed E-state index contributed by atoms with van der Waals surface area (Å²) in [5.74, 6) is 0. The van der Waals surface area contributed by atoms with Crippen molar-refractivity contribution in [3.8, 4) is 0 Å². The van der Waals surface area contributed by atoms with E-state index in [1.807, 2.05) is 17.8 Å². The Morgan fingerprint density at radius 3 is 2.79 bits per heavy atom. The van der Waals surface area contributed by atoms with Crippen LogP contribution in [0.15, 0.2) is 12.5 Å². The van der Waals surface area contributed by atoms with Crippen LogP contribution in [0.5, 0.6) is 0 Å². The molecule has 0 unspecified atom stereocenters. The van der Waals surface area contributed by atoms with Crippen molar-refractivity contribution in [1.29, 1.82) is 0 Å². The van der Waals surface area contributed by atoms with Crippen molar-refractivity contribution in [3.63, 3.8) is 0 Å². The smallest absolute Gasteiger partial charge is 0.0945 e. The highest BCUT2D eigenvalue weighted by molar-refractivity contribution is 4.98. The molecule has 0 aliphatic rings. The van der Waals surface area contributed by atoms with Gasteiger partial charge in [-0.3, -0.25) is 0 Å². The zero-order valence-corrected chi connectivity index (χ0v) is 9.37. The maximum Gasteiger partial charge on any atom is 0.0945 e. The predicted octanol–water partition coefficient (Wildman–Crippen LogP) is 0.935. The summed E-state index contributed by atoms with van der Waals surface area (Å²) < 4.78 is 7.13. The minimum Gasteiger partial charge on any atom is -0.383 e. The van der Waals surface area contributed by atoms with Crippen LogP contribution in [0.1, 0.15) is 19.5 Å². The average molecular weight is 197 g/mol. The molecule has 0 amide bonds. The summed E-state index contributed by atoms with van der Waals surface area (Å²) in [6.45, 7) is 5.75. The van der Waals surface area contributed by atoms with Gasteiger partial charge in [0.05, 0.1) is 18.6 Å². The van der Waals surface area contributed by atoms with E-state index in [2.05, 4.69) is 24.1 Å². The molecule has 0 aliphatic carbocycles. The van der Waals surface area contributed by atoms with Gasteiger partial charge >= 0.3 is 0 Å². The van der Waals surface area contributed by atoms with Crippen molar-refractivity contribution < 1.29 is 4.74 Å². The van der Waals surface area contributed by atoms with Crippen LogP contribution < -0.4 is 5.32 Å². The summed E-state index contributed by atoms with van der Waals surface area (Å²) in [6, 6.07) is 0. The van der Waals surface area contributed by atoms with Gasteiger partial charge in [-0.15, -0.1) is 0 Å². The molecule has 0 aliphatic heterocycles. The predicted molar refractivity (Wildman–Crippen MR) is 56.0 cm³/mol. The maximum absolute atomic E-state index is 5.12. The third kappa shape index (κ3) is 3.12. The van der Waals surface area contributed by atoms with Crippen LogP contribution in [0.2, 0.25) is 0 Å². The molecule has 1 N–H and O–H groups in total. The zero-order chi connectivity index (χ0) is 10.6. The van der Waals surface area contributed by atoms with Crippen molar-refractivity contribution in [2.75, 3.05) is 13.7 Å². The lowest BCUT2D eigenvalue weighted by molar-refractivity contribution is 0.127. The van der Waals surface area contributed by atoms with E-state index < -0.39 is 0 Å². The fraction of sp³-hybridized carbons (Fsp3) is 0.700. The number of imidazole rings is 1. The van der Waals surface area contributed by atoms with Gasteiger partial charge in [0, 0.05) is 32.4 Å². The molecule has 1 heterocycles. The summed E-state index contributed by atoms with van der Waals surface area (Å²) in [5, 5.41) is 3.42. The zero-order valence-electron chi connectivity index (χ0n) is 9.37. The third-order valence-electron chi connectivity index (χ3n) is 2.17. The Labute approximate surface area is 85.3 Å². The normalized spacial score (nSPS) is 12.0. The largest absolute Gasteiger partial charge is 0.383 e. The van der Waals surface area contributed by atoms with Crippen LogP contribution in [-0.4, -0.2) is 28.8 Å². The molecule has 1 aromatic heterocycles. The van der Waals surface area contributed by atoms with Gasteiger partial charge in [0.1, 0.15) is 0 Å². The van der Waals surface area contributed by atoms with E-state index in [1.165, 1.54) is 5.69 Å². The van der Waals surface area contributed by atoms with Crippen molar-refractivity contribution >= 4 is 0 Å². The summed E-state index contributed by atoms with van der Waals surface area (Å²) >= 11 is 0. The van der Waals surface area contributed by atoms with E-state index in [0.29, 0.717) is 6.61 Å². The second kappa shape index (κ2) is 4.57. The van der Waals surface area contributed by atoms with Gasteiger partial charge in [0.15, 0.2) is 0 Å². The Morgan fingerprint density at radius 2 is 2.29 bits per heavy atom. The summed E-state index contributed by atoms with van der Waals surface area (Å²) in [6.07, 6.45) is 3.68. The van der Waals surface area contributed by atoms with Crippen LogP contribution in [0, 0.1) is 0 Å². The number of hydrogen-bond donors (Lipinski definition) is 1. The third-order valence-corrected chi connectivity index (χ3v) is 2.17. The number of rotatable bonds is 5. The molecule has 0 radical (unpaired) electrons. The number of nitrogens with zero attached hydrogens (tertiary/aromatic N) is 2. The molecule has 0 fully saturated rings. The molecule has 0 spiro atoms. The van der Waals surface area contributed by atoms with Crippen LogP contribution in [0.25, 0.3) is 0 Å².